The normalized spacial score (nSPS) is 20.7. The van der Waals surface area contributed by atoms with Crippen molar-refractivity contribution < 1.29 is 0 Å². The van der Waals surface area contributed by atoms with Crippen molar-refractivity contribution in [3.8, 4) is 0 Å². The van der Waals surface area contributed by atoms with E-state index in [-0.39, 0.29) is 5.54 Å². The van der Waals surface area contributed by atoms with Gasteiger partial charge in [-0.1, -0.05) is 40.0 Å². The van der Waals surface area contributed by atoms with E-state index >= 15 is 0 Å². The highest BCUT2D eigenvalue weighted by Gasteiger charge is 2.28. The van der Waals surface area contributed by atoms with Crippen LogP contribution in [0.1, 0.15) is 71.0 Å². The van der Waals surface area contributed by atoms with Gasteiger partial charge in [-0.2, -0.15) is 5.10 Å². The van der Waals surface area contributed by atoms with Crippen LogP contribution in [0.2, 0.25) is 0 Å². The van der Waals surface area contributed by atoms with E-state index in [1.807, 2.05) is 0 Å². The van der Waals surface area contributed by atoms with Crippen molar-refractivity contribution in [1.82, 2.24) is 9.78 Å². The van der Waals surface area contributed by atoms with Gasteiger partial charge in [-0.3, -0.25) is 4.68 Å². The average Bonchev–Trinajstić information content (AvgIpc) is 2.87. The first-order chi connectivity index (χ1) is 9.05. The Morgan fingerprint density at radius 1 is 1.37 bits per heavy atom. The Balaban J connectivity index is 2.04. The van der Waals surface area contributed by atoms with Crippen LogP contribution in [0.15, 0.2) is 12.3 Å². The van der Waals surface area contributed by atoms with Crippen LogP contribution in [0.5, 0.6) is 0 Å². The second kappa shape index (κ2) is 6.08. The molecule has 2 rings (SSSR count). The molecule has 0 amide bonds. The number of nitrogens with two attached hydrogens (primary N) is 1. The largest absolute Gasteiger partial charge is 0.325 e. The maximum atomic E-state index is 6.51. The van der Waals surface area contributed by atoms with E-state index in [9.17, 15) is 0 Å². The molecule has 3 heteroatoms. The summed E-state index contributed by atoms with van der Waals surface area (Å²) < 4.78 is 2.19. The van der Waals surface area contributed by atoms with Crippen LogP contribution in [-0.2, 0) is 6.42 Å². The van der Waals surface area contributed by atoms with Crippen molar-refractivity contribution in [3.63, 3.8) is 0 Å². The van der Waals surface area contributed by atoms with Gasteiger partial charge in [-0.05, 0) is 31.2 Å². The standard InChI is InChI=1S/C16H29N3/c1-4-16(17,13(2)3)12-14-10-11-19(18-14)15-8-6-5-7-9-15/h10-11,13,15H,4-9,12,17H2,1-3H3. The predicted octanol–water partition coefficient (Wildman–Crippen LogP) is 3.69. The van der Waals surface area contributed by atoms with Gasteiger partial charge in [0.1, 0.15) is 0 Å². The highest BCUT2D eigenvalue weighted by atomic mass is 15.3. The molecule has 1 unspecified atom stereocenters. The summed E-state index contributed by atoms with van der Waals surface area (Å²) in [4.78, 5) is 0. The molecule has 1 aliphatic carbocycles. The second-order valence-electron chi connectivity index (χ2n) is 6.50. The molecule has 1 aromatic rings. The molecule has 19 heavy (non-hydrogen) atoms. The summed E-state index contributed by atoms with van der Waals surface area (Å²) in [5.41, 5.74) is 7.55. The molecule has 0 aliphatic heterocycles. The van der Waals surface area contributed by atoms with Gasteiger partial charge < -0.3 is 5.73 Å². The summed E-state index contributed by atoms with van der Waals surface area (Å²) in [6.45, 7) is 6.60. The Labute approximate surface area is 117 Å². The molecular formula is C16H29N3. The molecule has 0 aromatic carbocycles. The first-order valence-corrected chi connectivity index (χ1v) is 7.88. The Morgan fingerprint density at radius 3 is 2.63 bits per heavy atom. The number of aromatic nitrogens is 2. The molecule has 1 atom stereocenters. The Hall–Kier alpha value is -0.830. The van der Waals surface area contributed by atoms with Crippen LogP contribution in [-0.4, -0.2) is 15.3 Å². The van der Waals surface area contributed by atoms with Gasteiger partial charge in [0.25, 0.3) is 0 Å². The molecule has 0 saturated heterocycles. The zero-order chi connectivity index (χ0) is 13.9. The van der Waals surface area contributed by atoms with E-state index in [1.165, 1.54) is 32.1 Å². The van der Waals surface area contributed by atoms with Crippen LogP contribution in [0.25, 0.3) is 0 Å². The van der Waals surface area contributed by atoms with Crippen LogP contribution >= 0.6 is 0 Å². The molecule has 1 saturated carbocycles. The maximum Gasteiger partial charge on any atom is 0.0643 e. The van der Waals surface area contributed by atoms with Gasteiger partial charge in [0.2, 0.25) is 0 Å². The van der Waals surface area contributed by atoms with Gasteiger partial charge >= 0.3 is 0 Å². The summed E-state index contributed by atoms with van der Waals surface area (Å²) >= 11 is 0. The SMILES string of the molecule is CCC(N)(Cc1ccn(C2CCCCC2)n1)C(C)C. The minimum Gasteiger partial charge on any atom is -0.325 e. The minimum atomic E-state index is -0.119. The molecular weight excluding hydrogens is 234 g/mol. The average molecular weight is 263 g/mol. The molecule has 0 bridgehead atoms. The van der Waals surface area contributed by atoms with Crippen LogP contribution in [0.3, 0.4) is 0 Å². The lowest BCUT2D eigenvalue weighted by Gasteiger charge is -2.32. The van der Waals surface area contributed by atoms with Gasteiger partial charge in [0.05, 0.1) is 11.7 Å². The van der Waals surface area contributed by atoms with E-state index in [2.05, 4.69) is 37.7 Å². The quantitative estimate of drug-likeness (QED) is 0.880. The van der Waals surface area contributed by atoms with Crippen LogP contribution in [0, 0.1) is 5.92 Å². The van der Waals surface area contributed by atoms with Gasteiger partial charge in [-0.25, -0.2) is 0 Å². The van der Waals surface area contributed by atoms with Crippen molar-refractivity contribution in [2.24, 2.45) is 11.7 Å². The van der Waals surface area contributed by atoms with Crippen molar-refractivity contribution in [2.75, 3.05) is 0 Å². The summed E-state index contributed by atoms with van der Waals surface area (Å²) in [5, 5.41) is 4.79. The number of hydrogen-bond donors (Lipinski definition) is 1. The van der Waals surface area contributed by atoms with Gasteiger partial charge in [-0.15, -0.1) is 0 Å². The highest BCUT2D eigenvalue weighted by molar-refractivity contribution is 5.07. The molecule has 0 radical (unpaired) electrons. The topological polar surface area (TPSA) is 43.8 Å². The zero-order valence-electron chi connectivity index (χ0n) is 12.7. The van der Waals surface area contributed by atoms with Crippen molar-refractivity contribution >= 4 is 0 Å². The van der Waals surface area contributed by atoms with Crippen LogP contribution in [0.4, 0.5) is 0 Å². The number of nitrogens with zero attached hydrogens (tertiary/aromatic N) is 2. The summed E-state index contributed by atoms with van der Waals surface area (Å²) in [6, 6.07) is 2.78. The third kappa shape index (κ3) is 3.38. The lowest BCUT2D eigenvalue weighted by atomic mass is 9.81. The Morgan fingerprint density at radius 2 is 2.05 bits per heavy atom. The summed E-state index contributed by atoms with van der Waals surface area (Å²) in [5.74, 6) is 0.484. The summed E-state index contributed by atoms with van der Waals surface area (Å²) in [6.07, 6.45) is 10.7. The number of rotatable bonds is 5. The fourth-order valence-corrected chi connectivity index (χ4v) is 3.10. The molecule has 1 aliphatic rings. The molecule has 0 spiro atoms. The van der Waals surface area contributed by atoms with Crippen LogP contribution < -0.4 is 5.73 Å². The highest BCUT2D eigenvalue weighted by Crippen LogP contribution is 2.28. The monoisotopic (exact) mass is 263 g/mol. The lowest BCUT2D eigenvalue weighted by Crippen LogP contribution is -2.46. The van der Waals surface area contributed by atoms with E-state index in [4.69, 9.17) is 10.8 Å². The van der Waals surface area contributed by atoms with E-state index < -0.39 is 0 Å². The molecule has 108 valence electrons. The molecule has 1 aromatic heterocycles. The predicted molar refractivity (Wildman–Crippen MR) is 80.1 cm³/mol. The Bertz CT molecular complexity index is 390. The fourth-order valence-electron chi connectivity index (χ4n) is 3.10. The Kier molecular flexibility index (Phi) is 4.67. The van der Waals surface area contributed by atoms with Crippen molar-refractivity contribution in [2.45, 2.75) is 77.3 Å². The smallest absolute Gasteiger partial charge is 0.0643 e. The van der Waals surface area contributed by atoms with E-state index in [1.54, 1.807) is 0 Å². The third-order valence-electron chi connectivity index (χ3n) is 4.93. The van der Waals surface area contributed by atoms with E-state index in [0.717, 1.165) is 18.5 Å². The molecule has 1 heterocycles. The lowest BCUT2D eigenvalue weighted by molar-refractivity contribution is 0.289. The fraction of sp³-hybridized carbons (Fsp3) is 0.812. The van der Waals surface area contributed by atoms with Gasteiger partial charge in [0.15, 0.2) is 0 Å². The van der Waals surface area contributed by atoms with Crippen molar-refractivity contribution in [3.05, 3.63) is 18.0 Å². The summed E-state index contributed by atoms with van der Waals surface area (Å²) in [7, 11) is 0. The van der Waals surface area contributed by atoms with E-state index in [0.29, 0.717) is 12.0 Å². The molecule has 2 N–H and O–H groups in total. The second-order valence-corrected chi connectivity index (χ2v) is 6.50. The first-order valence-electron chi connectivity index (χ1n) is 7.88. The molecule has 1 fully saturated rings. The number of hydrogen-bond acceptors (Lipinski definition) is 2. The van der Waals surface area contributed by atoms with Crippen molar-refractivity contribution in [1.29, 1.82) is 0 Å². The minimum absolute atomic E-state index is 0.119. The first kappa shape index (κ1) is 14.6. The maximum absolute atomic E-state index is 6.51. The third-order valence-corrected chi connectivity index (χ3v) is 4.93. The van der Waals surface area contributed by atoms with Gasteiger partial charge in [0, 0.05) is 18.2 Å². The zero-order valence-corrected chi connectivity index (χ0v) is 12.7. The molecule has 3 nitrogen and oxygen atoms in total.